The number of aryl methyl sites for hydroxylation is 1. The summed E-state index contributed by atoms with van der Waals surface area (Å²) in [5.41, 5.74) is 2.57. The average molecular weight is 348 g/mol. The number of benzene rings is 2. The van der Waals surface area contributed by atoms with Crippen molar-refractivity contribution in [2.24, 2.45) is 0 Å². The van der Waals surface area contributed by atoms with E-state index in [1.54, 1.807) is 32.2 Å². The largest absolute Gasteiger partial charge is 0.315 e. The van der Waals surface area contributed by atoms with E-state index < -0.39 is 10.0 Å². The number of anilines is 1. The third-order valence-corrected chi connectivity index (χ3v) is 5.53. The van der Waals surface area contributed by atoms with Crippen LogP contribution in [-0.2, 0) is 27.8 Å². The van der Waals surface area contributed by atoms with Crippen molar-refractivity contribution in [1.29, 1.82) is 0 Å². The van der Waals surface area contributed by atoms with Gasteiger partial charge >= 0.3 is 0 Å². The van der Waals surface area contributed by atoms with E-state index in [4.69, 9.17) is 0 Å². The molecule has 0 saturated carbocycles. The van der Waals surface area contributed by atoms with Gasteiger partial charge in [-0.3, -0.25) is 4.79 Å². The van der Waals surface area contributed by atoms with Gasteiger partial charge in [0.1, 0.15) is 5.82 Å². The molecule has 24 heavy (non-hydrogen) atoms. The summed E-state index contributed by atoms with van der Waals surface area (Å²) in [5.74, 6) is -0.386. The maximum Gasteiger partial charge on any atom is 0.240 e. The van der Waals surface area contributed by atoms with E-state index in [-0.39, 0.29) is 29.6 Å². The molecule has 3 rings (SSSR count). The van der Waals surface area contributed by atoms with Gasteiger partial charge < -0.3 is 4.90 Å². The van der Waals surface area contributed by atoms with Gasteiger partial charge in [0, 0.05) is 19.3 Å². The Kier molecular flexibility index (Phi) is 4.15. The molecule has 1 heterocycles. The lowest BCUT2D eigenvalue weighted by Crippen LogP contribution is -2.23. The zero-order valence-corrected chi connectivity index (χ0v) is 14.2. The zero-order valence-electron chi connectivity index (χ0n) is 13.3. The highest BCUT2D eigenvalue weighted by atomic mass is 32.2. The number of nitrogens with zero attached hydrogens (tertiary/aromatic N) is 1. The molecule has 126 valence electrons. The number of hydrogen-bond donors (Lipinski definition) is 1. The molecule has 0 radical (unpaired) electrons. The highest BCUT2D eigenvalue weighted by Crippen LogP contribution is 2.29. The molecule has 0 aliphatic carbocycles. The highest BCUT2D eigenvalue weighted by Gasteiger charge is 2.26. The predicted octanol–water partition coefficient (Wildman–Crippen LogP) is 2.13. The van der Waals surface area contributed by atoms with E-state index in [2.05, 4.69) is 4.72 Å². The van der Waals surface area contributed by atoms with Crippen molar-refractivity contribution in [2.75, 3.05) is 11.9 Å². The molecule has 1 aliphatic heterocycles. The van der Waals surface area contributed by atoms with E-state index in [1.807, 2.05) is 0 Å². The lowest BCUT2D eigenvalue weighted by molar-refractivity contribution is -0.117. The topological polar surface area (TPSA) is 66.5 Å². The molecule has 0 aromatic heterocycles. The smallest absolute Gasteiger partial charge is 0.240 e. The van der Waals surface area contributed by atoms with E-state index in [0.717, 1.165) is 5.69 Å². The Bertz CT molecular complexity index is 925. The second-order valence-electron chi connectivity index (χ2n) is 5.83. The molecule has 7 heteroatoms. The number of amides is 1. The van der Waals surface area contributed by atoms with E-state index in [9.17, 15) is 17.6 Å². The zero-order chi connectivity index (χ0) is 17.5. The van der Waals surface area contributed by atoms with E-state index in [1.165, 1.54) is 23.1 Å². The highest BCUT2D eigenvalue weighted by molar-refractivity contribution is 7.89. The van der Waals surface area contributed by atoms with Crippen LogP contribution in [0.5, 0.6) is 0 Å². The minimum absolute atomic E-state index is 0.0608. The summed E-state index contributed by atoms with van der Waals surface area (Å²) in [6.45, 7) is 1.70. The molecule has 1 amide bonds. The number of rotatable bonds is 4. The fraction of sp³-hybridized carbons (Fsp3) is 0.235. The number of likely N-dealkylation sites (N-methyl/N-ethyl adjacent to an activating group) is 1. The molecule has 1 aliphatic rings. The molecular formula is C17H17FN2O3S. The van der Waals surface area contributed by atoms with Gasteiger partial charge in [0.25, 0.3) is 0 Å². The summed E-state index contributed by atoms with van der Waals surface area (Å²) in [6.07, 6.45) is 0.201. The average Bonchev–Trinajstić information content (AvgIpc) is 2.83. The van der Waals surface area contributed by atoms with Crippen molar-refractivity contribution in [3.63, 3.8) is 0 Å². The first kappa shape index (κ1) is 16.6. The van der Waals surface area contributed by atoms with Gasteiger partial charge in [-0.2, -0.15) is 0 Å². The third kappa shape index (κ3) is 3.05. The summed E-state index contributed by atoms with van der Waals surface area (Å²) in [5, 5.41) is 0. The van der Waals surface area contributed by atoms with Crippen LogP contribution in [0.2, 0.25) is 0 Å². The van der Waals surface area contributed by atoms with E-state index >= 15 is 0 Å². The molecule has 5 nitrogen and oxygen atoms in total. The standard InChI is InChI=1S/C17H17FN2O3S/c1-11-7-12(3-5-15(11)18)10-19-24(22,23)14-4-6-16-13(8-14)9-17(21)20(16)2/h3-8,19H,9-10H2,1-2H3. The number of hydrogen-bond acceptors (Lipinski definition) is 3. The first-order valence-corrected chi connectivity index (χ1v) is 8.90. The van der Waals surface area contributed by atoms with Gasteiger partial charge in [-0.1, -0.05) is 12.1 Å². The summed E-state index contributed by atoms with van der Waals surface area (Å²) < 4.78 is 40.6. The molecule has 2 aromatic carbocycles. The van der Waals surface area contributed by atoms with Crippen molar-refractivity contribution >= 4 is 21.6 Å². The Balaban J connectivity index is 1.80. The Morgan fingerprint density at radius 2 is 1.96 bits per heavy atom. The number of carbonyl (C=O) groups is 1. The Labute approximate surface area is 140 Å². The van der Waals surface area contributed by atoms with Gasteiger partial charge in [-0.05, 0) is 47.9 Å². The third-order valence-electron chi connectivity index (χ3n) is 4.13. The molecular weight excluding hydrogens is 331 g/mol. The second-order valence-corrected chi connectivity index (χ2v) is 7.60. The van der Waals surface area contributed by atoms with Gasteiger partial charge in [0.15, 0.2) is 0 Å². The number of nitrogens with one attached hydrogen (secondary N) is 1. The molecule has 0 fully saturated rings. The number of sulfonamides is 1. The molecule has 2 aromatic rings. The lowest BCUT2D eigenvalue weighted by Gasteiger charge is -2.11. The molecule has 0 unspecified atom stereocenters. The van der Waals surface area contributed by atoms with Gasteiger partial charge in [0.05, 0.1) is 11.3 Å². The quantitative estimate of drug-likeness (QED) is 0.920. The first-order chi connectivity index (χ1) is 11.3. The van der Waals surface area contributed by atoms with Gasteiger partial charge in [-0.15, -0.1) is 0 Å². The van der Waals surface area contributed by atoms with Crippen LogP contribution in [0.4, 0.5) is 10.1 Å². The van der Waals surface area contributed by atoms with Crippen LogP contribution in [-0.4, -0.2) is 21.4 Å². The van der Waals surface area contributed by atoms with Crippen LogP contribution < -0.4 is 9.62 Å². The summed E-state index contributed by atoms with van der Waals surface area (Å²) >= 11 is 0. The van der Waals surface area contributed by atoms with Crippen molar-refractivity contribution in [3.05, 3.63) is 58.9 Å². The molecule has 0 spiro atoms. The van der Waals surface area contributed by atoms with Gasteiger partial charge in [0.2, 0.25) is 15.9 Å². The van der Waals surface area contributed by atoms with Crippen LogP contribution in [0.3, 0.4) is 0 Å². The minimum Gasteiger partial charge on any atom is -0.315 e. The summed E-state index contributed by atoms with van der Waals surface area (Å²) in [6, 6.07) is 9.10. The van der Waals surface area contributed by atoms with Crippen molar-refractivity contribution < 1.29 is 17.6 Å². The fourth-order valence-electron chi connectivity index (χ4n) is 2.69. The lowest BCUT2D eigenvalue weighted by atomic mass is 10.1. The van der Waals surface area contributed by atoms with Crippen molar-refractivity contribution in [3.8, 4) is 0 Å². The monoisotopic (exact) mass is 348 g/mol. The maximum absolute atomic E-state index is 13.3. The first-order valence-electron chi connectivity index (χ1n) is 7.42. The SMILES string of the molecule is Cc1cc(CNS(=O)(=O)c2ccc3c(c2)CC(=O)N3C)ccc1F. The Morgan fingerprint density at radius 1 is 1.21 bits per heavy atom. The number of fused-ring (bicyclic) bond motifs is 1. The summed E-state index contributed by atoms with van der Waals surface area (Å²) in [4.78, 5) is 13.3. The normalized spacial score (nSPS) is 14.1. The van der Waals surface area contributed by atoms with Crippen LogP contribution >= 0.6 is 0 Å². The van der Waals surface area contributed by atoms with Crippen LogP contribution in [0, 0.1) is 12.7 Å². The molecule has 1 N–H and O–H groups in total. The second kappa shape index (κ2) is 5.99. The van der Waals surface area contributed by atoms with Gasteiger partial charge in [-0.25, -0.2) is 17.5 Å². The Morgan fingerprint density at radius 3 is 2.67 bits per heavy atom. The predicted molar refractivity (Wildman–Crippen MR) is 88.7 cm³/mol. The fourth-order valence-corrected chi connectivity index (χ4v) is 3.76. The van der Waals surface area contributed by atoms with Crippen molar-refractivity contribution in [2.45, 2.75) is 24.8 Å². The maximum atomic E-state index is 13.3. The summed E-state index contributed by atoms with van der Waals surface area (Å²) in [7, 11) is -2.05. The Hall–Kier alpha value is -2.25. The van der Waals surface area contributed by atoms with Crippen molar-refractivity contribution in [1.82, 2.24) is 4.72 Å². The van der Waals surface area contributed by atoms with E-state index in [0.29, 0.717) is 16.7 Å². The molecule has 0 saturated heterocycles. The number of halogens is 1. The minimum atomic E-state index is -3.71. The van der Waals surface area contributed by atoms with Crippen LogP contribution in [0.25, 0.3) is 0 Å². The van der Waals surface area contributed by atoms with Crippen LogP contribution in [0.1, 0.15) is 16.7 Å². The van der Waals surface area contributed by atoms with Crippen LogP contribution in [0.15, 0.2) is 41.3 Å². The number of carbonyl (C=O) groups excluding carboxylic acids is 1. The molecule has 0 atom stereocenters. The molecule has 0 bridgehead atoms.